The van der Waals surface area contributed by atoms with Gasteiger partial charge in [-0.15, -0.1) is 0 Å². The molecule has 0 N–H and O–H groups in total. The summed E-state index contributed by atoms with van der Waals surface area (Å²) in [6, 6.07) is 3.11. The fourth-order valence-electron chi connectivity index (χ4n) is 3.62. The van der Waals surface area contributed by atoms with Crippen molar-refractivity contribution < 1.29 is 0 Å². The van der Waals surface area contributed by atoms with Gasteiger partial charge in [0.15, 0.2) is 0 Å². The van der Waals surface area contributed by atoms with Crippen LogP contribution in [0.1, 0.15) is 52.4 Å². The number of hydrogen-bond acceptors (Lipinski definition) is 2. The topological polar surface area (TPSA) is 27.0 Å². The van der Waals surface area contributed by atoms with Gasteiger partial charge in [0.1, 0.15) is 0 Å². The molecule has 0 aromatic carbocycles. The van der Waals surface area contributed by atoms with Crippen molar-refractivity contribution in [1.82, 2.24) is 4.90 Å². The average Bonchev–Trinajstić information content (AvgIpc) is 2.39. The summed E-state index contributed by atoms with van der Waals surface area (Å²) in [6.45, 7) is 7.15. The Balaban J connectivity index is 1.89. The van der Waals surface area contributed by atoms with E-state index in [2.05, 4.69) is 24.8 Å². The smallest absolute Gasteiger partial charge is 0.0672 e. The zero-order chi connectivity index (χ0) is 12.3. The van der Waals surface area contributed by atoms with Crippen LogP contribution in [0.2, 0.25) is 0 Å². The zero-order valence-corrected chi connectivity index (χ0v) is 11.4. The van der Waals surface area contributed by atoms with Gasteiger partial charge >= 0.3 is 0 Å². The molecule has 0 radical (unpaired) electrons. The van der Waals surface area contributed by atoms with E-state index in [4.69, 9.17) is 0 Å². The lowest BCUT2D eigenvalue weighted by molar-refractivity contribution is 0.0750. The zero-order valence-electron chi connectivity index (χ0n) is 11.4. The molecule has 2 atom stereocenters. The summed E-state index contributed by atoms with van der Waals surface area (Å²) >= 11 is 0. The third kappa shape index (κ3) is 3.01. The molecule has 96 valence electrons. The van der Waals surface area contributed by atoms with E-state index in [0.29, 0.717) is 12.0 Å². The Morgan fingerprint density at radius 1 is 1.06 bits per heavy atom. The number of likely N-dealkylation sites (tertiary alicyclic amines) is 1. The highest BCUT2D eigenvalue weighted by atomic mass is 15.2. The van der Waals surface area contributed by atoms with Crippen LogP contribution >= 0.6 is 0 Å². The van der Waals surface area contributed by atoms with Gasteiger partial charge in [-0.3, -0.25) is 4.90 Å². The lowest BCUT2D eigenvalue weighted by Gasteiger charge is -2.42. The largest absolute Gasteiger partial charge is 0.299 e. The first-order valence-corrected chi connectivity index (χ1v) is 7.36. The molecule has 0 amide bonds. The Hall–Kier alpha value is -0.550. The molecule has 2 rings (SSSR count). The van der Waals surface area contributed by atoms with Crippen molar-refractivity contribution in [1.29, 1.82) is 5.26 Å². The van der Waals surface area contributed by atoms with E-state index in [1.165, 1.54) is 45.2 Å². The summed E-state index contributed by atoms with van der Waals surface area (Å²) < 4.78 is 0. The number of nitriles is 1. The highest BCUT2D eigenvalue weighted by Gasteiger charge is 2.32. The third-order valence-electron chi connectivity index (χ3n) is 4.88. The summed E-state index contributed by atoms with van der Waals surface area (Å²) in [4.78, 5) is 2.62. The minimum absolute atomic E-state index is 0.305. The van der Waals surface area contributed by atoms with E-state index in [-0.39, 0.29) is 0 Å². The molecule has 2 heteroatoms. The van der Waals surface area contributed by atoms with E-state index in [0.717, 1.165) is 18.3 Å². The van der Waals surface area contributed by atoms with Crippen LogP contribution in [0.4, 0.5) is 0 Å². The average molecular weight is 234 g/mol. The molecule has 0 bridgehead atoms. The fraction of sp³-hybridized carbons (Fsp3) is 0.933. The van der Waals surface area contributed by atoms with E-state index in [9.17, 15) is 5.26 Å². The van der Waals surface area contributed by atoms with Crippen LogP contribution in [-0.2, 0) is 0 Å². The maximum Gasteiger partial charge on any atom is 0.0672 e. The van der Waals surface area contributed by atoms with E-state index in [1.54, 1.807) is 0 Å². The summed E-state index contributed by atoms with van der Waals surface area (Å²) in [5.74, 6) is 2.05. The van der Waals surface area contributed by atoms with E-state index < -0.39 is 0 Å². The van der Waals surface area contributed by atoms with Gasteiger partial charge in [-0.2, -0.15) is 5.26 Å². The van der Waals surface area contributed by atoms with Crippen molar-refractivity contribution in [2.75, 3.05) is 13.1 Å². The van der Waals surface area contributed by atoms with Gasteiger partial charge in [0.05, 0.1) is 12.0 Å². The molecule has 1 aliphatic heterocycles. The molecule has 1 aliphatic carbocycles. The molecule has 2 nitrogen and oxygen atoms in total. The standard InChI is InChI=1S/C15H26N2/c1-12(2)13-7-9-17(10-8-13)15-6-4-3-5-14(15)11-16/h12-15H,3-10H2,1-2H3. The van der Waals surface area contributed by atoms with Gasteiger partial charge < -0.3 is 0 Å². The van der Waals surface area contributed by atoms with Gasteiger partial charge in [-0.05, 0) is 50.6 Å². The van der Waals surface area contributed by atoms with Crippen LogP contribution in [0.3, 0.4) is 0 Å². The van der Waals surface area contributed by atoms with Gasteiger partial charge in [-0.25, -0.2) is 0 Å². The molecule has 17 heavy (non-hydrogen) atoms. The summed E-state index contributed by atoms with van der Waals surface area (Å²) in [5.41, 5.74) is 0. The van der Waals surface area contributed by atoms with Gasteiger partial charge in [0.2, 0.25) is 0 Å². The number of nitrogens with zero attached hydrogens (tertiary/aromatic N) is 2. The summed E-state index contributed by atoms with van der Waals surface area (Å²) in [6.07, 6.45) is 7.65. The highest BCUT2D eigenvalue weighted by molar-refractivity contribution is 4.96. The molecule has 1 saturated carbocycles. The van der Waals surface area contributed by atoms with Crippen molar-refractivity contribution in [3.8, 4) is 6.07 Å². The minimum atomic E-state index is 0.305. The van der Waals surface area contributed by atoms with Crippen LogP contribution in [0, 0.1) is 29.1 Å². The van der Waals surface area contributed by atoms with E-state index >= 15 is 0 Å². The van der Waals surface area contributed by atoms with Crippen LogP contribution in [0.25, 0.3) is 0 Å². The van der Waals surface area contributed by atoms with Crippen molar-refractivity contribution in [3.63, 3.8) is 0 Å². The third-order valence-corrected chi connectivity index (χ3v) is 4.88. The van der Waals surface area contributed by atoms with Crippen molar-refractivity contribution in [3.05, 3.63) is 0 Å². The quantitative estimate of drug-likeness (QED) is 0.732. The molecule has 0 spiro atoms. The monoisotopic (exact) mass is 234 g/mol. The number of rotatable bonds is 2. The first-order chi connectivity index (χ1) is 8.22. The van der Waals surface area contributed by atoms with Crippen LogP contribution in [-0.4, -0.2) is 24.0 Å². The molecule has 0 aromatic rings. The summed E-state index contributed by atoms with van der Waals surface area (Å²) in [5, 5.41) is 9.26. The highest BCUT2D eigenvalue weighted by Crippen LogP contribution is 2.32. The molecule has 1 heterocycles. The van der Waals surface area contributed by atoms with Gasteiger partial charge in [0, 0.05) is 6.04 Å². The second-order valence-corrected chi connectivity index (χ2v) is 6.20. The van der Waals surface area contributed by atoms with Crippen LogP contribution in [0.5, 0.6) is 0 Å². The minimum Gasteiger partial charge on any atom is -0.299 e. The van der Waals surface area contributed by atoms with Gasteiger partial charge in [-0.1, -0.05) is 26.7 Å². The fourth-order valence-corrected chi connectivity index (χ4v) is 3.62. The molecule has 1 saturated heterocycles. The van der Waals surface area contributed by atoms with Crippen LogP contribution in [0.15, 0.2) is 0 Å². The number of hydrogen-bond donors (Lipinski definition) is 0. The van der Waals surface area contributed by atoms with Crippen molar-refractivity contribution in [2.45, 2.75) is 58.4 Å². The first-order valence-electron chi connectivity index (χ1n) is 7.36. The second kappa shape index (κ2) is 5.87. The Bertz CT molecular complexity index is 271. The first kappa shape index (κ1) is 12.9. The normalized spacial score (nSPS) is 32.6. The molecule has 2 aliphatic rings. The van der Waals surface area contributed by atoms with Crippen molar-refractivity contribution >= 4 is 0 Å². The predicted octanol–water partition coefficient (Wildman–Crippen LogP) is 3.44. The predicted molar refractivity (Wildman–Crippen MR) is 70.5 cm³/mol. The summed E-state index contributed by atoms with van der Waals surface area (Å²) in [7, 11) is 0. The molecule has 2 unspecified atom stereocenters. The van der Waals surface area contributed by atoms with E-state index in [1.807, 2.05) is 0 Å². The maximum atomic E-state index is 9.26. The Morgan fingerprint density at radius 3 is 2.29 bits per heavy atom. The SMILES string of the molecule is CC(C)C1CCN(C2CCCCC2C#N)CC1. The maximum absolute atomic E-state index is 9.26. The molecule has 0 aromatic heterocycles. The lowest BCUT2D eigenvalue weighted by atomic mass is 9.81. The Labute approximate surface area is 106 Å². The van der Waals surface area contributed by atoms with Crippen molar-refractivity contribution in [2.24, 2.45) is 17.8 Å². The Morgan fingerprint density at radius 2 is 1.71 bits per heavy atom. The molecule has 2 fully saturated rings. The Kier molecular flexibility index (Phi) is 4.45. The molecular formula is C15H26N2. The lowest BCUT2D eigenvalue weighted by Crippen LogP contribution is -2.46. The second-order valence-electron chi connectivity index (χ2n) is 6.20. The van der Waals surface area contributed by atoms with Gasteiger partial charge in [0.25, 0.3) is 0 Å². The van der Waals surface area contributed by atoms with Crippen LogP contribution < -0.4 is 0 Å². The molecular weight excluding hydrogens is 208 g/mol. The number of piperidine rings is 1.